The van der Waals surface area contributed by atoms with Crippen molar-refractivity contribution < 1.29 is 13.2 Å². The SMILES string of the molecule is CS(=O)(=O)C1(C(=O)N2CCN(Cc3ccc(Br)s3)CC2)CCCC1. The largest absolute Gasteiger partial charge is 0.339 e. The minimum Gasteiger partial charge on any atom is -0.339 e. The lowest BCUT2D eigenvalue weighted by Crippen LogP contribution is -2.57. The van der Waals surface area contributed by atoms with Crippen LogP contribution in [0.3, 0.4) is 0 Å². The fourth-order valence-electron chi connectivity index (χ4n) is 3.74. The number of carbonyl (C=O) groups is 1. The highest BCUT2D eigenvalue weighted by Gasteiger charge is 2.51. The molecule has 0 radical (unpaired) electrons. The lowest BCUT2D eigenvalue weighted by atomic mass is 10.0. The van der Waals surface area contributed by atoms with Crippen LogP contribution in [-0.2, 0) is 21.2 Å². The van der Waals surface area contributed by atoms with Gasteiger partial charge in [-0.15, -0.1) is 11.3 Å². The molecule has 0 aromatic carbocycles. The van der Waals surface area contributed by atoms with Gasteiger partial charge in [0.05, 0.1) is 3.79 Å². The van der Waals surface area contributed by atoms with Crippen molar-refractivity contribution in [2.75, 3.05) is 32.4 Å². The van der Waals surface area contributed by atoms with E-state index in [9.17, 15) is 13.2 Å². The Morgan fingerprint density at radius 2 is 1.83 bits per heavy atom. The Kier molecular flexibility index (Phi) is 5.39. The summed E-state index contributed by atoms with van der Waals surface area (Å²) in [6.45, 7) is 3.70. The maximum absolute atomic E-state index is 13.0. The first-order chi connectivity index (χ1) is 11.3. The Bertz CT molecular complexity index is 703. The van der Waals surface area contributed by atoms with Crippen molar-refractivity contribution in [3.05, 3.63) is 20.8 Å². The van der Waals surface area contributed by atoms with Gasteiger partial charge < -0.3 is 4.90 Å². The van der Waals surface area contributed by atoms with Gasteiger partial charge in [0.15, 0.2) is 14.6 Å². The molecule has 1 saturated heterocycles. The summed E-state index contributed by atoms with van der Waals surface area (Å²) in [6, 6.07) is 4.17. The molecular formula is C16H23BrN2O3S2. The molecule has 5 nitrogen and oxygen atoms in total. The summed E-state index contributed by atoms with van der Waals surface area (Å²) in [4.78, 5) is 18.4. The van der Waals surface area contributed by atoms with E-state index in [0.717, 1.165) is 36.3 Å². The Labute approximate surface area is 156 Å². The standard InChI is InChI=1S/C16H23BrN2O3S2/c1-24(21,22)16(6-2-3-7-16)15(20)19-10-8-18(9-11-19)12-13-4-5-14(17)23-13/h4-5H,2-3,6-12H2,1H3. The number of nitrogens with zero attached hydrogens (tertiary/aromatic N) is 2. The zero-order valence-corrected chi connectivity index (χ0v) is 17.1. The molecule has 2 fully saturated rings. The van der Waals surface area contributed by atoms with Crippen LogP contribution in [0.15, 0.2) is 15.9 Å². The summed E-state index contributed by atoms with van der Waals surface area (Å²) >= 11 is 5.20. The van der Waals surface area contributed by atoms with E-state index in [0.29, 0.717) is 25.9 Å². The Hall–Kier alpha value is -0.440. The third-order valence-corrected chi connectivity index (χ3v) is 8.79. The van der Waals surface area contributed by atoms with Gasteiger partial charge in [-0.1, -0.05) is 12.8 Å². The summed E-state index contributed by atoms with van der Waals surface area (Å²) < 4.78 is 24.5. The predicted octanol–water partition coefficient (Wildman–Crippen LogP) is 2.51. The maximum atomic E-state index is 13.0. The van der Waals surface area contributed by atoms with E-state index < -0.39 is 14.6 Å². The summed E-state index contributed by atoms with van der Waals surface area (Å²) in [6.07, 6.45) is 3.83. The molecule has 0 spiro atoms. The van der Waals surface area contributed by atoms with Gasteiger partial charge in [0.2, 0.25) is 5.91 Å². The van der Waals surface area contributed by atoms with E-state index in [1.54, 1.807) is 16.2 Å². The fraction of sp³-hybridized carbons (Fsp3) is 0.688. The van der Waals surface area contributed by atoms with E-state index in [1.165, 1.54) is 11.1 Å². The molecule has 1 amide bonds. The highest BCUT2D eigenvalue weighted by molar-refractivity contribution is 9.11. The molecule has 3 rings (SSSR count). The topological polar surface area (TPSA) is 57.7 Å². The Balaban J connectivity index is 1.62. The number of carbonyl (C=O) groups excluding carboxylic acids is 1. The zero-order chi connectivity index (χ0) is 17.4. The van der Waals surface area contributed by atoms with Crippen molar-refractivity contribution >= 4 is 43.0 Å². The van der Waals surface area contributed by atoms with Crippen LogP contribution in [0.4, 0.5) is 0 Å². The van der Waals surface area contributed by atoms with Gasteiger partial charge in [-0.3, -0.25) is 9.69 Å². The van der Waals surface area contributed by atoms with Crippen LogP contribution in [0.5, 0.6) is 0 Å². The average molecular weight is 435 g/mol. The normalized spacial score (nSPS) is 22.0. The Morgan fingerprint density at radius 3 is 2.33 bits per heavy atom. The van der Waals surface area contributed by atoms with Crippen LogP contribution in [0, 0.1) is 0 Å². The first-order valence-electron chi connectivity index (χ1n) is 8.27. The number of hydrogen-bond acceptors (Lipinski definition) is 5. The van der Waals surface area contributed by atoms with Crippen LogP contribution in [0.25, 0.3) is 0 Å². The molecular weight excluding hydrogens is 412 g/mol. The van der Waals surface area contributed by atoms with E-state index in [-0.39, 0.29) is 5.91 Å². The lowest BCUT2D eigenvalue weighted by molar-refractivity contribution is -0.135. The summed E-state index contributed by atoms with van der Waals surface area (Å²) in [7, 11) is -3.38. The van der Waals surface area contributed by atoms with Gasteiger partial charge in [-0.25, -0.2) is 8.42 Å². The smallest absolute Gasteiger partial charge is 0.244 e. The molecule has 1 aromatic rings. The van der Waals surface area contributed by atoms with E-state index in [4.69, 9.17) is 0 Å². The van der Waals surface area contributed by atoms with Crippen molar-refractivity contribution in [3.8, 4) is 0 Å². The molecule has 8 heteroatoms. The van der Waals surface area contributed by atoms with Gasteiger partial charge in [0.1, 0.15) is 0 Å². The second-order valence-electron chi connectivity index (χ2n) is 6.75. The molecule has 1 saturated carbocycles. The van der Waals surface area contributed by atoms with Crippen LogP contribution in [0.2, 0.25) is 0 Å². The third kappa shape index (κ3) is 3.57. The number of halogens is 1. The minimum atomic E-state index is -3.38. The van der Waals surface area contributed by atoms with Gasteiger partial charge in [-0.05, 0) is 40.9 Å². The van der Waals surface area contributed by atoms with Crippen molar-refractivity contribution in [2.24, 2.45) is 0 Å². The fourth-order valence-corrected chi connectivity index (χ4v) is 6.75. The van der Waals surface area contributed by atoms with Crippen LogP contribution in [0.1, 0.15) is 30.6 Å². The number of sulfone groups is 1. The zero-order valence-electron chi connectivity index (χ0n) is 13.8. The first kappa shape index (κ1) is 18.4. The third-order valence-electron chi connectivity index (χ3n) is 5.18. The molecule has 1 aromatic heterocycles. The van der Waals surface area contributed by atoms with Gasteiger partial charge >= 0.3 is 0 Å². The van der Waals surface area contributed by atoms with E-state index in [1.807, 2.05) is 0 Å². The van der Waals surface area contributed by atoms with Gasteiger partial charge in [0, 0.05) is 43.9 Å². The summed E-state index contributed by atoms with van der Waals surface area (Å²) in [5, 5.41) is 0. The van der Waals surface area contributed by atoms with E-state index >= 15 is 0 Å². The molecule has 1 aliphatic heterocycles. The second-order valence-corrected chi connectivity index (χ2v) is 11.6. The summed E-state index contributed by atoms with van der Waals surface area (Å²) in [5.74, 6) is -0.166. The van der Waals surface area contributed by atoms with Crippen LogP contribution in [-0.4, -0.2) is 61.3 Å². The van der Waals surface area contributed by atoms with Crippen molar-refractivity contribution in [1.29, 1.82) is 0 Å². The average Bonchev–Trinajstić information content (AvgIpc) is 3.17. The molecule has 2 aliphatic rings. The highest BCUT2D eigenvalue weighted by atomic mass is 79.9. The maximum Gasteiger partial charge on any atom is 0.244 e. The van der Waals surface area contributed by atoms with Crippen LogP contribution >= 0.6 is 27.3 Å². The van der Waals surface area contributed by atoms with Crippen LogP contribution < -0.4 is 0 Å². The monoisotopic (exact) mass is 434 g/mol. The number of amides is 1. The van der Waals surface area contributed by atoms with Crippen molar-refractivity contribution in [2.45, 2.75) is 37.0 Å². The number of piperazine rings is 1. The molecule has 2 heterocycles. The van der Waals surface area contributed by atoms with Gasteiger partial charge in [-0.2, -0.15) is 0 Å². The number of hydrogen-bond donors (Lipinski definition) is 0. The minimum absolute atomic E-state index is 0.166. The lowest BCUT2D eigenvalue weighted by Gasteiger charge is -2.39. The number of thiophene rings is 1. The molecule has 24 heavy (non-hydrogen) atoms. The van der Waals surface area contributed by atoms with Crippen molar-refractivity contribution in [3.63, 3.8) is 0 Å². The quantitative estimate of drug-likeness (QED) is 0.730. The second kappa shape index (κ2) is 7.05. The Morgan fingerprint density at radius 1 is 1.21 bits per heavy atom. The van der Waals surface area contributed by atoms with Crippen molar-refractivity contribution in [1.82, 2.24) is 9.80 Å². The molecule has 0 N–H and O–H groups in total. The molecule has 0 unspecified atom stereocenters. The molecule has 0 atom stereocenters. The number of rotatable bonds is 4. The summed E-state index contributed by atoms with van der Waals surface area (Å²) in [5.41, 5.74) is 0. The highest BCUT2D eigenvalue weighted by Crippen LogP contribution is 2.38. The molecule has 1 aliphatic carbocycles. The van der Waals surface area contributed by atoms with Gasteiger partial charge in [0.25, 0.3) is 0 Å². The molecule has 134 valence electrons. The predicted molar refractivity (Wildman–Crippen MR) is 99.9 cm³/mol. The van der Waals surface area contributed by atoms with E-state index in [2.05, 4.69) is 33.0 Å². The molecule has 0 bridgehead atoms. The first-order valence-corrected chi connectivity index (χ1v) is 11.8.